The van der Waals surface area contributed by atoms with Gasteiger partial charge < -0.3 is 11.1 Å². The van der Waals surface area contributed by atoms with E-state index >= 15 is 0 Å². The summed E-state index contributed by atoms with van der Waals surface area (Å²) in [6, 6.07) is 0.0447. The first-order valence-electron chi connectivity index (χ1n) is 6.14. The molecule has 3 N–H and O–H groups in total. The highest BCUT2D eigenvalue weighted by molar-refractivity contribution is 7.89. The predicted octanol–water partition coefficient (Wildman–Crippen LogP) is -0.568. The van der Waals surface area contributed by atoms with E-state index in [1.807, 2.05) is 0 Å². The van der Waals surface area contributed by atoms with Crippen LogP contribution in [0.4, 0.5) is 0 Å². The van der Waals surface area contributed by atoms with Crippen LogP contribution in [0.5, 0.6) is 0 Å². The number of amides is 1. The van der Waals surface area contributed by atoms with Gasteiger partial charge in [-0.25, -0.2) is 12.7 Å². The maximum Gasteiger partial charge on any atom is 0.243 e. The van der Waals surface area contributed by atoms with Crippen molar-refractivity contribution in [1.29, 1.82) is 0 Å². The fraction of sp³-hybridized carbons (Fsp3) is 0.727. The molecule has 0 spiro atoms. The SMILES string of the molecule is CCS(=O)(=O)N1CCC(NC(=O)/C=C/CN)CC1. The lowest BCUT2D eigenvalue weighted by molar-refractivity contribution is -0.117. The summed E-state index contributed by atoms with van der Waals surface area (Å²) >= 11 is 0. The number of hydrogen-bond donors (Lipinski definition) is 2. The van der Waals surface area contributed by atoms with Gasteiger partial charge in [-0.2, -0.15) is 0 Å². The second kappa shape index (κ2) is 6.86. The Bertz CT molecular complexity index is 398. The standard InChI is InChI=1S/C11H21N3O3S/c1-2-18(16,17)14-8-5-10(6-9-14)13-11(15)4-3-7-12/h3-4,10H,2,5-9,12H2,1H3,(H,13,15)/b4-3+. The lowest BCUT2D eigenvalue weighted by atomic mass is 10.1. The Labute approximate surface area is 108 Å². The quantitative estimate of drug-likeness (QED) is 0.657. The molecule has 0 aromatic heterocycles. The summed E-state index contributed by atoms with van der Waals surface area (Å²) in [5, 5.41) is 2.84. The Hall–Kier alpha value is -0.920. The molecule has 0 saturated carbocycles. The molecule has 6 nitrogen and oxygen atoms in total. The molecule has 0 aromatic rings. The normalized spacial score (nSPS) is 19.2. The molecule has 1 aliphatic rings. The van der Waals surface area contributed by atoms with Gasteiger partial charge in [-0.1, -0.05) is 6.08 Å². The van der Waals surface area contributed by atoms with Gasteiger partial charge in [0.2, 0.25) is 15.9 Å². The monoisotopic (exact) mass is 275 g/mol. The van der Waals surface area contributed by atoms with Gasteiger partial charge in [0.25, 0.3) is 0 Å². The summed E-state index contributed by atoms with van der Waals surface area (Å²) < 4.78 is 24.8. The second-order valence-electron chi connectivity index (χ2n) is 4.22. The van der Waals surface area contributed by atoms with Crippen LogP contribution in [0.25, 0.3) is 0 Å². The summed E-state index contributed by atoms with van der Waals surface area (Å²) in [5.41, 5.74) is 5.25. The van der Waals surface area contributed by atoms with E-state index in [2.05, 4.69) is 5.32 Å². The van der Waals surface area contributed by atoms with Crippen molar-refractivity contribution in [3.05, 3.63) is 12.2 Å². The third-order valence-corrected chi connectivity index (χ3v) is 4.85. The lowest BCUT2D eigenvalue weighted by Crippen LogP contribution is -2.46. The molecule has 7 heteroatoms. The third-order valence-electron chi connectivity index (χ3n) is 2.96. The number of nitrogens with one attached hydrogen (secondary N) is 1. The topological polar surface area (TPSA) is 92.5 Å². The van der Waals surface area contributed by atoms with Crippen molar-refractivity contribution in [3.8, 4) is 0 Å². The molecule has 0 aliphatic carbocycles. The zero-order valence-corrected chi connectivity index (χ0v) is 11.4. The smallest absolute Gasteiger partial charge is 0.243 e. The first-order valence-corrected chi connectivity index (χ1v) is 7.75. The van der Waals surface area contributed by atoms with Crippen LogP contribution in [0, 0.1) is 0 Å². The van der Waals surface area contributed by atoms with Crippen LogP contribution in [0.1, 0.15) is 19.8 Å². The molecule has 1 rings (SSSR count). The van der Waals surface area contributed by atoms with Crippen LogP contribution in [0.2, 0.25) is 0 Å². The molecule has 1 fully saturated rings. The van der Waals surface area contributed by atoms with Crippen molar-refractivity contribution in [2.24, 2.45) is 5.73 Å². The van der Waals surface area contributed by atoms with E-state index < -0.39 is 10.0 Å². The number of piperidine rings is 1. The van der Waals surface area contributed by atoms with Gasteiger partial charge in [0.15, 0.2) is 0 Å². The molecule has 0 radical (unpaired) electrons. The molecule has 1 amide bonds. The molecule has 0 atom stereocenters. The largest absolute Gasteiger partial charge is 0.350 e. The summed E-state index contributed by atoms with van der Waals surface area (Å²) in [7, 11) is -3.10. The first-order chi connectivity index (χ1) is 8.49. The van der Waals surface area contributed by atoms with Crippen molar-refractivity contribution < 1.29 is 13.2 Å². The summed E-state index contributed by atoms with van der Waals surface area (Å²) in [5.74, 6) is -0.0410. The van der Waals surface area contributed by atoms with Crippen LogP contribution in [-0.4, -0.2) is 50.1 Å². The minimum absolute atomic E-state index is 0.0447. The highest BCUT2D eigenvalue weighted by Crippen LogP contribution is 2.14. The van der Waals surface area contributed by atoms with Gasteiger partial charge in [0, 0.05) is 31.8 Å². The van der Waals surface area contributed by atoms with E-state index in [0.29, 0.717) is 32.5 Å². The molecule has 1 saturated heterocycles. The maximum atomic E-state index is 11.6. The van der Waals surface area contributed by atoms with E-state index in [-0.39, 0.29) is 17.7 Å². The summed E-state index contributed by atoms with van der Waals surface area (Å²) in [6.45, 7) is 2.92. The van der Waals surface area contributed by atoms with E-state index in [0.717, 1.165) is 0 Å². The van der Waals surface area contributed by atoms with Crippen LogP contribution in [0.3, 0.4) is 0 Å². The van der Waals surface area contributed by atoms with Crippen LogP contribution < -0.4 is 11.1 Å². The highest BCUT2D eigenvalue weighted by Gasteiger charge is 2.26. The molecule has 0 bridgehead atoms. The van der Waals surface area contributed by atoms with E-state index in [4.69, 9.17) is 5.73 Å². The minimum atomic E-state index is -3.10. The Balaban J connectivity index is 2.40. The number of carbonyl (C=O) groups excluding carboxylic acids is 1. The molecule has 0 aromatic carbocycles. The zero-order chi connectivity index (χ0) is 13.6. The number of hydrogen-bond acceptors (Lipinski definition) is 4. The van der Waals surface area contributed by atoms with Gasteiger partial charge in [0.05, 0.1) is 5.75 Å². The van der Waals surface area contributed by atoms with Gasteiger partial charge in [-0.15, -0.1) is 0 Å². The average molecular weight is 275 g/mol. The molecular formula is C11H21N3O3S. The second-order valence-corrected chi connectivity index (χ2v) is 6.48. The van der Waals surface area contributed by atoms with E-state index in [1.54, 1.807) is 13.0 Å². The van der Waals surface area contributed by atoms with Gasteiger partial charge >= 0.3 is 0 Å². The van der Waals surface area contributed by atoms with Crippen molar-refractivity contribution in [2.45, 2.75) is 25.8 Å². The summed E-state index contributed by atoms with van der Waals surface area (Å²) in [6.07, 6.45) is 4.31. The van der Waals surface area contributed by atoms with Crippen molar-refractivity contribution in [3.63, 3.8) is 0 Å². The minimum Gasteiger partial charge on any atom is -0.350 e. The molecule has 1 heterocycles. The zero-order valence-electron chi connectivity index (χ0n) is 10.6. The van der Waals surface area contributed by atoms with Crippen molar-refractivity contribution >= 4 is 15.9 Å². The Morgan fingerprint density at radius 3 is 2.56 bits per heavy atom. The van der Waals surface area contributed by atoms with Crippen LogP contribution in [0.15, 0.2) is 12.2 Å². The van der Waals surface area contributed by atoms with Crippen molar-refractivity contribution in [1.82, 2.24) is 9.62 Å². The van der Waals surface area contributed by atoms with Crippen LogP contribution >= 0.6 is 0 Å². The summed E-state index contributed by atoms with van der Waals surface area (Å²) in [4.78, 5) is 11.4. The predicted molar refractivity (Wildman–Crippen MR) is 70.4 cm³/mol. The molecular weight excluding hydrogens is 254 g/mol. The number of nitrogens with zero attached hydrogens (tertiary/aromatic N) is 1. The Morgan fingerprint density at radius 1 is 1.44 bits per heavy atom. The van der Waals surface area contributed by atoms with Gasteiger partial charge in [-0.3, -0.25) is 4.79 Å². The first kappa shape index (κ1) is 15.1. The maximum absolute atomic E-state index is 11.6. The number of rotatable bonds is 5. The average Bonchev–Trinajstić information content (AvgIpc) is 2.37. The Morgan fingerprint density at radius 2 is 2.06 bits per heavy atom. The van der Waals surface area contributed by atoms with Crippen LogP contribution in [-0.2, 0) is 14.8 Å². The molecule has 0 unspecified atom stereocenters. The number of sulfonamides is 1. The van der Waals surface area contributed by atoms with Crippen molar-refractivity contribution in [2.75, 3.05) is 25.4 Å². The number of carbonyl (C=O) groups is 1. The fourth-order valence-electron chi connectivity index (χ4n) is 1.89. The highest BCUT2D eigenvalue weighted by atomic mass is 32.2. The molecule has 104 valence electrons. The molecule has 1 aliphatic heterocycles. The van der Waals surface area contributed by atoms with Gasteiger partial charge in [-0.05, 0) is 19.8 Å². The molecule has 18 heavy (non-hydrogen) atoms. The van der Waals surface area contributed by atoms with Gasteiger partial charge in [0.1, 0.15) is 0 Å². The number of nitrogens with two attached hydrogens (primary N) is 1. The lowest BCUT2D eigenvalue weighted by Gasteiger charge is -2.31. The third kappa shape index (κ3) is 4.40. The fourth-order valence-corrected chi connectivity index (χ4v) is 3.02. The Kier molecular flexibility index (Phi) is 5.77. The van der Waals surface area contributed by atoms with E-state index in [1.165, 1.54) is 10.4 Å². The van der Waals surface area contributed by atoms with E-state index in [9.17, 15) is 13.2 Å².